The Labute approximate surface area is 231 Å². The maximum Gasteiger partial charge on any atom is 0.395 e. The minimum absolute atomic E-state index is 0.0177. The number of piperidine rings is 1. The number of benzene rings is 1. The molecule has 2 N–H and O–H groups in total. The largest absolute Gasteiger partial charge is 0.492 e. The molecule has 0 aliphatic carbocycles. The van der Waals surface area contributed by atoms with Gasteiger partial charge in [0, 0.05) is 18.7 Å². The van der Waals surface area contributed by atoms with E-state index in [0.29, 0.717) is 56.1 Å². The van der Waals surface area contributed by atoms with Crippen LogP contribution in [-0.2, 0) is 4.79 Å². The molecule has 2 aromatic rings. The number of primary amides is 1. The molecule has 2 aliphatic rings. The van der Waals surface area contributed by atoms with Gasteiger partial charge in [-0.2, -0.15) is 13.2 Å². The van der Waals surface area contributed by atoms with Crippen molar-refractivity contribution in [2.24, 2.45) is 17.1 Å². The third-order valence-electron chi connectivity index (χ3n) is 8.23. The molecule has 4 rings (SSSR count). The lowest BCUT2D eigenvalue weighted by molar-refractivity contribution is -0.217. The third-order valence-corrected chi connectivity index (χ3v) is 8.23. The minimum Gasteiger partial charge on any atom is -0.492 e. The zero-order chi connectivity index (χ0) is 29.3. The van der Waals surface area contributed by atoms with E-state index in [9.17, 15) is 27.2 Å². The van der Waals surface area contributed by atoms with Gasteiger partial charge in [0.25, 0.3) is 5.91 Å². The van der Waals surface area contributed by atoms with Crippen LogP contribution in [-0.4, -0.2) is 71.1 Å². The molecule has 2 amide bonds. The van der Waals surface area contributed by atoms with Crippen LogP contribution in [0.4, 0.5) is 17.6 Å². The van der Waals surface area contributed by atoms with Gasteiger partial charge in [-0.05, 0) is 89.7 Å². The van der Waals surface area contributed by atoms with Crippen molar-refractivity contribution in [1.29, 1.82) is 0 Å². The Hall–Kier alpha value is -3.21. The number of hydrogen-bond acceptors (Lipinski definition) is 5. The second kappa shape index (κ2) is 11.3. The van der Waals surface area contributed by atoms with E-state index in [2.05, 4.69) is 4.98 Å². The SMILES string of the molecule is CC(C)(CN1CCC(COc2ccc(-c3ccc(C(=O)N4CCC[C@@]4(C)C(N)=O)c(F)c3)nc2)CC1)C(F)(F)F. The molecule has 1 atom stereocenters. The molecular formula is C29H36F4N4O3. The fourth-order valence-electron chi connectivity index (χ4n) is 5.35. The maximum atomic E-state index is 15.0. The number of carbonyl (C=O) groups is 2. The van der Waals surface area contributed by atoms with E-state index in [1.165, 1.54) is 37.1 Å². The first kappa shape index (κ1) is 29.8. The quantitative estimate of drug-likeness (QED) is 0.454. The Morgan fingerprint density at radius 3 is 2.40 bits per heavy atom. The van der Waals surface area contributed by atoms with Crippen LogP contribution in [0.25, 0.3) is 11.3 Å². The molecule has 0 radical (unpaired) electrons. The first-order valence-corrected chi connectivity index (χ1v) is 13.5. The number of nitrogens with zero attached hydrogens (tertiary/aromatic N) is 3. The van der Waals surface area contributed by atoms with Gasteiger partial charge >= 0.3 is 6.18 Å². The normalized spacial score (nSPS) is 21.0. The molecule has 11 heteroatoms. The van der Waals surface area contributed by atoms with Crippen LogP contribution in [0.5, 0.6) is 5.75 Å². The van der Waals surface area contributed by atoms with Crippen LogP contribution < -0.4 is 10.5 Å². The molecule has 0 saturated carbocycles. The average Bonchev–Trinajstić information content (AvgIpc) is 3.30. The smallest absolute Gasteiger partial charge is 0.395 e. The van der Waals surface area contributed by atoms with Crippen LogP contribution in [0.3, 0.4) is 0 Å². The second-order valence-electron chi connectivity index (χ2n) is 11.7. The van der Waals surface area contributed by atoms with Gasteiger partial charge in [-0.3, -0.25) is 14.6 Å². The number of carbonyl (C=O) groups excluding carboxylic acids is 2. The summed E-state index contributed by atoms with van der Waals surface area (Å²) in [5.74, 6) is -1.13. The zero-order valence-electron chi connectivity index (χ0n) is 23.1. The van der Waals surface area contributed by atoms with Crippen molar-refractivity contribution < 1.29 is 31.9 Å². The highest BCUT2D eigenvalue weighted by molar-refractivity contribution is 5.99. The third kappa shape index (κ3) is 6.24. The summed E-state index contributed by atoms with van der Waals surface area (Å²) >= 11 is 0. The molecule has 1 aromatic heterocycles. The zero-order valence-corrected chi connectivity index (χ0v) is 23.1. The minimum atomic E-state index is -4.24. The van der Waals surface area contributed by atoms with Crippen LogP contribution in [0.15, 0.2) is 36.5 Å². The van der Waals surface area contributed by atoms with Crippen LogP contribution in [0.2, 0.25) is 0 Å². The van der Waals surface area contributed by atoms with Gasteiger partial charge in [0.05, 0.1) is 29.5 Å². The molecule has 2 saturated heterocycles. The number of likely N-dealkylation sites (tertiary alicyclic amines) is 2. The monoisotopic (exact) mass is 564 g/mol. The van der Waals surface area contributed by atoms with E-state index in [4.69, 9.17) is 10.5 Å². The lowest BCUT2D eigenvalue weighted by atomic mass is 9.89. The molecule has 2 fully saturated rings. The highest BCUT2D eigenvalue weighted by Crippen LogP contribution is 2.39. The van der Waals surface area contributed by atoms with Crippen LogP contribution in [0, 0.1) is 17.2 Å². The lowest BCUT2D eigenvalue weighted by Crippen LogP contribution is -2.54. The second-order valence-corrected chi connectivity index (χ2v) is 11.7. The lowest BCUT2D eigenvalue weighted by Gasteiger charge is -2.38. The van der Waals surface area contributed by atoms with Gasteiger partial charge in [-0.1, -0.05) is 6.07 Å². The fourth-order valence-corrected chi connectivity index (χ4v) is 5.35. The summed E-state index contributed by atoms with van der Waals surface area (Å²) in [7, 11) is 0. The van der Waals surface area contributed by atoms with Gasteiger partial charge in [-0.25, -0.2) is 4.39 Å². The molecule has 40 heavy (non-hydrogen) atoms. The first-order chi connectivity index (χ1) is 18.7. The highest BCUT2D eigenvalue weighted by atomic mass is 19.4. The molecule has 0 unspecified atom stereocenters. The fraction of sp³-hybridized carbons (Fsp3) is 0.552. The van der Waals surface area contributed by atoms with E-state index in [1.54, 1.807) is 25.1 Å². The molecule has 0 spiro atoms. The number of hydrogen-bond donors (Lipinski definition) is 1. The van der Waals surface area contributed by atoms with Crippen molar-refractivity contribution in [3.05, 3.63) is 47.9 Å². The Kier molecular flexibility index (Phi) is 8.44. The topological polar surface area (TPSA) is 88.8 Å². The van der Waals surface area contributed by atoms with E-state index in [-0.39, 0.29) is 18.0 Å². The Morgan fingerprint density at radius 2 is 1.82 bits per heavy atom. The van der Waals surface area contributed by atoms with Gasteiger partial charge in [-0.15, -0.1) is 0 Å². The van der Waals surface area contributed by atoms with Gasteiger partial charge < -0.3 is 20.3 Å². The van der Waals surface area contributed by atoms with Crippen molar-refractivity contribution in [3.63, 3.8) is 0 Å². The van der Waals surface area contributed by atoms with Crippen LogP contribution >= 0.6 is 0 Å². The molecule has 3 heterocycles. The van der Waals surface area contributed by atoms with Crippen molar-refractivity contribution in [2.45, 2.75) is 58.2 Å². The summed E-state index contributed by atoms with van der Waals surface area (Å²) in [6.45, 7) is 6.00. The molecule has 218 valence electrons. The molecule has 7 nitrogen and oxygen atoms in total. The predicted octanol–water partition coefficient (Wildman–Crippen LogP) is 5.05. The molecule has 1 aromatic carbocycles. The number of pyridine rings is 1. The van der Waals surface area contributed by atoms with Gasteiger partial charge in [0.2, 0.25) is 5.91 Å². The van der Waals surface area contributed by atoms with Gasteiger partial charge in [0.15, 0.2) is 0 Å². The average molecular weight is 565 g/mol. The summed E-state index contributed by atoms with van der Waals surface area (Å²) in [5.41, 5.74) is 3.47. The number of nitrogens with two attached hydrogens (primary N) is 1. The summed E-state index contributed by atoms with van der Waals surface area (Å²) in [6.07, 6.45) is -0.150. The van der Waals surface area contributed by atoms with Crippen molar-refractivity contribution in [2.75, 3.05) is 32.8 Å². The summed E-state index contributed by atoms with van der Waals surface area (Å²) < 4.78 is 60.4. The molecule has 0 bridgehead atoms. The predicted molar refractivity (Wildman–Crippen MR) is 142 cm³/mol. The van der Waals surface area contributed by atoms with E-state index in [0.717, 1.165) is 12.8 Å². The van der Waals surface area contributed by atoms with E-state index >= 15 is 0 Å². The molecular weight excluding hydrogens is 528 g/mol. The van der Waals surface area contributed by atoms with Crippen molar-refractivity contribution in [1.82, 2.24) is 14.8 Å². The summed E-state index contributed by atoms with van der Waals surface area (Å²) in [6, 6.07) is 7.65. The Morgan fingerprint density at radius 1 is 1.12 bits per heavy atom. The number of rotatable bonds is 8. The number of amides is 2. The van der Waals surface area contributed by atoms with Gasteiger partial charge in [0.1, 0.15) is 17.1 Å². The van der Waals surface area contributed by atoms with E-state index < -0.39 is 34.8 Å². The van der Waals surface area contributed by atoms with Crippen LogP contribution in [0.1, 0.15) is 56.8 Å². The van der Waals surface area contributed by atoms with E-state index in [1.807, 2.05) is 4.90 Å². The number of aromatic nitrogens is 1. The Bertz CT molecular complexity index is 1230. The summed E-state index contributed by atoms with van der Waals surface area (Å²) in [5, 5.41) is 0. The number of halogens is 4. The van der Waals surface area contributed by atoms with Crippen molar-refractivity contribution >= 4 is 11.8 Å². The number of alkyl halides is 3. The first-order valence-electron chi connectivity index (χ1n) is 13.5. The summed E-state index contributed by atoms with van der Waals surface area (Å²) in [4.78, 5) is 32.5. The highest BCUT2D eigenvalue weighted by Gasteiger charge is 2.48. The maximum absolute atomic E-state index is 15.0. The number of ether oxygens (including phenoxy) is 1. The Balaban J connectivity index is 1.31. The van der Waals surface area contributed by atoms with Crippen molar-refractivity contribution in [3.8, 4) is 17.0 Å². The standard InChI is InChI=1S/C29H36F4N4O3/c1-27(2,29(31,32)33)18-36-13-9-19(10-14-36)17-40-21-6-8-24(35-16-21)20-5-7-22(23(30)15-20)25(38)37-12-4-11-28(37,3)26(34)39/h5-8,15-16,19H,4,9-14,17-18H2,1-3H3,(H2,34,39)/t28-/m0/s1. The molecule has 2 aliphatic heterocycles.